The summed E-state index contributed by atoms with van der Waals surface area (Å²) in [6.07, 6.45) is -10.5. The van der Waals surface area contributed by atoms with Crippen LogP contribution in [0.4, 0.5) is 35.1 Å². The van der Waals surface area contributed by atoms with Crippen molar-refractivity contribution < 1.29 is 54.6 Å². The molecule has 16 heteroatoms. The fraction of sp³-hybridized carbons (Fsp3) is 0.528. The number of methoxy groups -OCH3 is 1. The standard InChI is InChI=1S/C36H40F8N4O4/c1-22-9-13-47(16-12-34(22,37)38)20-24-18-28(30(52-2)19-45-24)27-8-4-6-25-23(5-3-7-26(25)27)17-29(31(49)50)46-32(51)33(36(42,43)44)10-14-48(15-11-33)21-35(39,40)41/h3-8,18-19,22,29H,9-17,20-21H2,1-2H3,(H,46,51)(H,49,50)/t22?,29-/m0/s1. The molecule has 1 amide bonds. The summed E-state index contributed by atoms with van der Waals surface area (Å²) < 4.78 is 116. The molecule has 2 saturated heterocycles. The number of aliphatic carboxylic acids is 1. The molecule has 2 aromatic carbocycles. The third-order valence-electron chi connectivity index (χ3n) is 10.3. The molecule has 0 spiro atoms. The highest BCUT2D eigenvalue weighted by Gasteiger charge is 2.61. The van der Waals surface area contributed by atoms with E-state index in [0.717, 1.165) is 4.90 Å². The Morgan fingerprint density at radius 1 is 0.962 bits per heavy atom. The minimum atomic E-state index is -5.14. The van der Waals surface area contributed by atoms with Crippen molar-refractivity contribution in [2.24, 2.45) is 11.3 Å². The van der Waals surface area contributed by atoms with Crippen LogP contribution >= 0.6 is 0 Å². The van der Waals surface area contributed by atoms with E-state index in [2.05, 4.69) is 10.3 Å². The lowest BCUT2D eigenvalue weighted by molar-refractivity contribution is -0.236. The summed E-state index contributed by atoms with van der Waals surface area (Å²) in [5.41, 5.74) is -0.764. The van der Waals surface area contributed by atoms with Crippen LogP contribution in [0.1, 0.15) is 43.9 Å². The van der Waals surface area contributed by atoms with E-state index in [9.17, 15) is 49.8 Å². The number of carboxylic acids is 1. The van der Waals surface area contributed by atoms with Crippen LogP contribution in [0.3, 0.4) is 0 Å². The van der Waals surface area contributed by atoms with Gasteiger partial charge in [-0.05, 0) is 66.9 Å². The van der Waals surface area contributed by atoms with Crippen molar-refractivity contribution in [3.8, 4) is 16.9 Å². The zero-order valence-electron chi connectivity index (χ0n) is 28.6. The number of carbonyl (C=O) groups is 2. The SMILES string of the molecule is COc1cnc(CN2CCC(C)C(F)(F)CC2)cc1-c1cccc2c(C[C@H](NC(=O)C3(C(F)(F)F)CCN(CC(F)(F)F)CC3)C(=O)O)cccc12. The number of alkyl halides is 8. The average molecular weight is 745 g/mol. The van der Waals surface area contributed by atoms with E-state index in [1.165, 1.54) is 13.3 Å². The van der Waals surface area contributed by atoms with Gasteiger partial charge in [0.2, 0.25) is 5.91 Å². The van der Waals surface area contributed by atoms with Crippen molar-refractivity contribution in [3.05, 3.63) is 59.9 Å². The summed E-state index contributed by atoms with van der Waals surface area (Å²) in [5, 5.41) is 13.3. The predicted octanol–water partition coefficient (Wildman–Crippen LogP) is 7.10. The van der Waals surface area contributed by atoms with E-state index < -0.39 is 86.4 Å². The maximum atomic E-state index is 14.4. The van der Waals surface area contributed by atoms with Gasteiger partial charge in [0.1, 0.15) is 17.2 Å². The Bertz CT molecular complexity index is 1760. The number of benzene rings is 2. The molecule has 0 bridgehead atoms. The summed E-state index contributed by atoms with van der Waals surface area (Å²) in [6.45, 7) is -0.195. The highest BCUT2D eigenvalue weighted by Crippen LogP contribution is 2.47. The number of hydrogen-bond acceptors (Lipinski definition) is 6. The Kier molecular flexibility index (Phi) is 11.4. The summed E-state index contributed by atoms with van der Waals surface area (Å²) >= 11 is 0. The molecule has 2 atom stereocenters. The van der Waals surface area contributed by atoms with Gasteiger partial charge in [0, 0.05) is 37.4 Å². The minimum absolute atomic E-state index is 0.194. The van der Waals surface area contributed by atoms with Gasteiger partial charge >= 0.3 is 18.3 Å². The van der Waals surface area contributed by atoms with Crippen molar-refractivity contribution >= 4 is 22.6 Å². The van der Waals surface area contributed by atoms with E-state index in [1.807, 2.05) is 4.90 Å². The monoisotopic (exact) mass is 744 g/mol. The Morgan fingerprint density at radius 3 is 2.25 bits per heavy atom. The van der Waals surface area contributed by atoms with Gasteiger partial charge in [0.25, 0.3) is 5.92 Å². The lowest BCUT2D eigenvalue weighted by Gasteiger charge is -2.42. The number of pyridine rings is 1. The lowest BCUT2D eigenvalue weighted by Crippen LogP contribution is -2.59. The van der Waals surface area contributed by atoms with Crippen LogP contribution in [0, 0.1) is 11.3 Å². The molecule has 5 rings (SSSR count). The number of amides is 1. The topological polar surface area (TPSA) is 95.0 Å². The first-order chi connectivity index (χ1) is 24.3. The van der Waals surface area contributed by atoms with E-state index >= 15 is 0 Å². The molecule has 0 aliphatic carbocycles. The second-order valence-corrected chi connectivity index (χ2v) is 13.7. The number of piperidine rings is 1. The van der Waals surface area contributed by atoms with Gasteiger partial charge in [-0.1, -0.05) is 43.3 Å². The molecule has 2 aliphatic heterocycles. The highest BCUT2D eigenvalue weighted by atomic mass is 19.4. The number of ether oxygens (including phenoxy) is 1. The second-order valence-electron chi connectivity index (χ2n) is 13.7. The van der Waals surface area contributed by atoms with E-state index in [4.69, 9.17) is 4.74 Å². The van der Waals surface area contributed by atoms with Crippen LogP contribution in [0.15, 0.2) is 48.7 Å². The van der Waals surface area contributed by atoms with Crippen LogP contribution < -0.4 is 10.1 Å². The number of carboxylic acid groups (broad SMARTS) is 1. The third-order valence-corrected chi connectivity index (χ3v) is 10.3. The van der Waals surface area contributed by atoms with Crippen LogP contribution in [0.25, 0.3) is 21.9 Å². The normalized spacial score (nSPS) is 20.6. The number of rotatable bonds is 10. The quantitative estimate of drug-likeness (QED) is 0.214. The van der Waals surface area contributed by atoms with Crippen molar-refractivity contribution in [2.75, 3.05) is 39.8 Å². The maximum Gasteiger partial charge on any atom is 0.403 e. The molecule has 3 heterocycles. The average Bonchev–Trinajstić information content (AvgIpc) is 3.20. The number of likely N-dealkylation sites (tertiary alicyclic amines) is 2. The maximum absolute atomic E-state index is 14.4. The molecule has 52 heavy (non-hydrogen) atoms. The Morgan fingerprint density at radius 2 is 1.62 bits per heavy atom. The van der Waals surface area contributed by atoms with E-state index in [-0.39, 0.29) is 13.0 Å². The first-order valence-electron chi connectivity index (χ1n) is 16.9. The fourth-order valence-electron chi connectivity index (χ4n) is 7.08. The largest absolute Gasteiger partial charge is 0.494 e. The van der Waals surface area contributed by atoms with Gasteiger partial charge in [-0.2, -0.15) is 26.3 Å². The van der Waals surface area contributed by atoms with E-state index in [0.29, 0.717) is 58.4 Å². The van der Waals surface area contributed by atoms with Gasteiger partial charge in [0.05, 0.1) is 25.5 Å². The Labute approximate surface area is 295 Å². The molecule has 8 nitrogen and oxygen atoms in total. The molecular weight excluding hydrogens is 704 g/mol. The van der Waals surface area contributed by atoms with Gasteiger partial charge in [-0.25, -0.2) is 13.6 Å². The molecule has 2 N–H and O–H groups in total. The third kappa shape index (κ3) is 8.59. The van der Waals surface area contributed by atoms with Crippen molar-refractivity contribution in [1.82, 2.24) is 20.1 Å². The van der Waals surface area contributed by atoms with Crippen LogP contribution in [-0.4, -0.2) is 95.9 Å². The molecule has 2 aliphatic rings. The molecule has 3 aromatic rings. The number of hydrogen-bond donors (Lipinski definition) is 2. The molecule has 284 valence electrons. The zero-order valence-corrected chi connectivity index (χ0v) is 28.6. The minimum Gasteiger partial charge on any atom is -0.494 e. The highest BCUT2D eigenvalue weighted by molar-refractivity contribution is 6.00. The van der Waals surface area contributed by atoms with Gasteiger partial charge in [-0.15, -0.1) is 0 Å². The molecule has 0 radical (unpaired) electrons. The Balaban J connectivity index is 1.40. The van der Waals surface area contributed by atoms with Crippen molar-refractivity contribution in [1.29, 1.82) is 0 Å². The zero-order chi connectivity index (χ0) is 38.1. The first-order valence-corrected chi connectivity index (χ1v) is 16.9. The van der Waals surface area contributed by atoms with Crippen LogP contribution in [0.5, 0.6) is 5.75 Å². The number of aromatic nitrogens is 1. The number of fused-ring (bicyclic) bond motifs is 1. The smallest absolute Gasteiger partial charge is 0.403 e. The first kappa shape index (κ1) is 39.2. The molecule has 1 aromatic heterocycles. The summed E-state index contributed by atoms with van der Waals surface area (Å²) in [4.78, 5) is 32.9. The summed E-state index contributed by atoms with van der Waals surface area (Å²) in [5.74, 6) is -6.28. The summed E-state index contributed by atoms with van der Waals surface area (Å²) in [6, 6.07) is 10.2. The van der Waals surface area contributed by atoms with Crippen molar-refractivity contribution in [3.63, 3.8) is 0 Å². The number of nitrogens with one attached hydrogen (secondary N) is 1. The number of halogens is 8. The second kappa shape index (κ2) is 15.1. The van der Waals surface area contributed by atoms with Gasteiger partial charge < -0.3 is 15.2 Å². The van der Waals surface area contributed by atoms with Crippen LogP contribution in [-0.2, 0) is 22.6 Å². The van der Waals surface area contributed by atoms with Crippen molar-refractivity contribution in [2.45, 2.75) is 69.9 Å². The molecular formula is C36H40F8N4O4. The molecule has 1 unspecified atom stereocenters. The molecule has 0 saturated carbocycles. The Hall–Kier alpha value is -4.05. The van der Waals surface area contributed by atoms with Crippen LogP contribution in [0.2, 0.25) is 0 Å². The van der Waals surface area contributed by atoms with Gasteiger partial charge in [-0.3, -0.25) is 19.6 Å². The number of nitrogens with zero attached hydrogens (tertiary/aromatic N) is 3. The fourth-order valence-corrected chi connectivity index (χ4v) is 7.08. The lowest BCUT2D eigenvalue weighted by atomic mass is 9.76. The van der Waals surface area contributed by atoms with E-state index in [1.54, 1.807) is 49.4 Å². The molecule has 2 fully saturated rings. The summed E-state index contributed by atoms with van der Waals surface area (Å²) in [7, 11) is 1.46. The predicted molar refractivity (Wildman–Crippen MR) is 176 cm³/mol. The number of carbonyl (C=O) groups excluding carboxylic acids is 1. The van der Waals surface area contributed by atoms with Gasteiger partial charge in [0.15, 0.2) is 0 Å².